The van der Waals surface area contributed by atoms with Gasteiger partial charge < -0.3 is 4.42 Å². The third kappa shape index (κ3) is 2.83. The Balaban J connectivity index is 2.24. The van der Waals surface area contributed by atoms with E-state index in [1.54, 1.807) is 19.1 Å². The van der Waals surface area contributed by atoms with E-state index in [1.165, 1.54) is 6.20 Å². The van der Waals surface area contributed by atoms with Crippen molar-refractivity contribution in [3.8, 4) is 11.5 Å². The lowest BCUT2D eigenvalue weighted by Crippen LogP contribution is -1.92. The first-order valence-electron chi connectivity index (χ1n) is 5.24. The van der Waals surface area contributed by atoms with Crippen molar-refractivity contribution in [3.63, 3.8) is 0 Å². The molecule has 2 heterocycles. The average molecular weight is 266 g/mol. The third-order valence-corrected chi connectivity index (χ3v) is 2.31. The molecular formula is C10H8F2N6O. The molecule has 0 bridgehead atoms. The Kier molecular flexibility index (Phi) is 3.67. The summed E-state index contributed by atoms with van der Waals surface area (Å²) in [7, 11) is 0. The Morgan fingerprint density at radius 1 is 1.37 bits per heavy atom. The van der Waals surface area contributed by atoms with Gasteiger partial charge in [-0.1, -0.05) is 12.0 Å². The second-order valence-corrected chi connectivity index (χ2v) is 3.60. The van der Waals surface area contributed by atoms with Gasteiger partial charge in [0.25, 0.3) is 5.89 Å². The lowest BCUT2D eigenvalue weighted by atomic mass is 10.2. The van der Waals surface area contributed by atoms with Gasteiger partial charge in [-0.05, 0) is 17.7 Å². The Labute approximate surface area is 105 Å². The highest BCUT2D eigenvalue weighted by Gasteiger charge is 2.17. The lowest BCUT2D eigenvalue weighted by Gasteiger charge is -2.03. The highest BCUT2D eigenvalue weighted by Crippen LogP contribution is 2.23. The van der Waals surface area contributed by atoms with Gasteiger partial charge in [0.2, 0.25) is 5.89 Å². The number of aromatic nitrogens is 3. The first kappa shape index (κ1) is 12.9. The van der Waals surface area contributed by atoms with E-state index in [4.69, 9.17) is 9.95 Å². The lowest BCUT2D eigenvalue weighted by molar-refractivity contribution is 0.116. The zero-order valence-corrected chi connectivity index (χ0v) is 9.73. The molecule has 0 fully saturated rings. The highest BCUT2D eigenvalue weighted by atomic mass is 19.3. The van der Waals surface area contributed by atoms with E-state index in [2.05, 4.69) is 25.2 Å². The molecule has 19 heavy (non-hydrogen) atoms. The van der Waals surface area contributed by atoms with Crippen molar-refractivity contribution in [3.05, 3.63) is 40.4 Å². The topological polar surface area (TPSA) is 101 Å². The van der Waals surface area contributed by atoms with Crippen LogP contribution in [0, 0.1) is 0 Å². The summed E-state index contributed by atoms with van der Waals surface area (Å²) in [5, 5.41) is 10.2. The predicted octanol–water partition coefficient (Wildman–Crippen LogP) is 3.44. The third-order valence-electron chi connectivity index (χ3n) is 2.31. The summed E-state index contributed by atoms with van der Waals surface area (Å²) in [4.78, 5) is 6.72. The summed E-state index contributed by atoms with van der Waals surface area (Å²) in [6.45, 7) is 1.68. The Morgan fingerprint density at radius 2 is 2.16 bits per heavy atom. The molecule has 0 saturated heterocycles. The van der Waals surface area contributed by atoms with E-state index in [-0.39, 0.29) is 5.89 Å². The fourth-order valence-corrected chi connectivity index (χ4v) is 1.35. The molecule has 2 rings (SSSR count). The van der Waals surface area contributed by atoms with Crippen LogP contribution in [0.3, 0.4) is 0 Å². The Bertz CT molecular complexity index is 605. The molecule has 0 spiro atoms. The molecule has 0 aliphatic heterocycles. The SMILES string of the molecule is CC(N=[N+]=[N-])c1ccc(-c2nnc(C(F)F)o2)cn1. The van der Waals surface area contributed by atoms with Gasteiger partial charge in [-0.15, -0.1) is 10.2 Å². The molecule has 0 radical (unpaired) electrons. The van der Waals surface area contributed by atoms with E-state index < -0.39 is 18.4 Å². The second-order valence-electron chi connectivity index (χ2n) is 3.60. The molecule has 98 valence electrons. The van der Waals surface area contributed by atoms with Crippen LogP contribution in [0.5, 0.6) is 0 Å². The van der Waals surface area contributed by atoms with Gasteiger partial charge in [0.15, 0.2) is 0 Å². The zero-order chi connectivity index (χ0) is 13.8. The average Bonchev–Trinajstić information content (AvgIpc) is 2.89. The quantitative estimate of drug-likeness (QED) is 0.480. The summed E-state index contributed by atoms with van der Waals surface area (Å²) in [5.74, 6) is -0.771. The van der Waals surface area contributed by atoms with Crippen LogP contribution in [0.2, 0.25) is 0 Å². The maximum atomic E-state index is 12.3. The number of hydrogen-bond donors (Lipinski definition) is 0. The minimum absolute atomic E-state index is 0.0363. The van der Waals surface area contributed by atoms with E-state index in [9.17, 15) is 8.78 Å². The van der Waals surface area contributed by atoms with Crippen LogP contribution in [0.1, 0.15) is 31.0 Å². The minimum atomic E-state index is -2.81. The van der Waals surface area contributed by atoms with Crippen LogP contribution in [0.15, 0.2) is 27.9 Å². The molecule has 0 aliphatic rings. The number of alkyl halides is 2. The van der Waals surface area contributed by atoms with Gasteiger partial charge in [-0.2, -0.15) is 8.78 Å². The predicted molar refractivity (Wildman–Crippen MR) is 60.0 cm³/mol. The first-order chi connectivity index (χ1) is 9.11. The van der Waals surface area contributed by atoms with Crippen molar-refractivity contribution >= 4 is 0 Å². The van der Waals surface area contributed by atoms with E-state index in [0.717, 1.165) is 0 Å². The van der Waals surface area contributed by atoms with Crippen molar-refractivity contribution in [2.75, 3.05) is 0 Å². The summed E-state index contributed by atoms with van der Waals surface area (Å²) in [6, 6.07) is 2.76. The standard InChI is InChI=1S/C10H8F2N6O/c1-5(15-18-13)7-3-2-6(4-14-7)9-16-17-10(19-9)8(11)12/h2-5,8H,1H3. The molecule has 0 N–H and O–H groups in total. The largest absolute Gasteiger partial charge is 0.415 e. The van der Waals surface area contributed by atoms with Crippen LogP contribution in [0.25, 0.3) is 21.9 Å². The van der Waals surface area contributed by atoms with Crippen LogP contribution >= 0.6 is 0 Å². The fraction of sp³-hybridized carbons (Fsp3) is 0.300. The first-order valence-corrected chi connectivity index (χ1v) is 5.24. The highest BCUT2D eigenvalue weighted by molar-refractivity contribution is 5.50. The van der Waals surface area contributed by atoms with E-state index >= 15 is 0 Å². The molecular weight excluding hydrogens is 258 g/mol. The summed E-state index contributed by atoms with van der Waals surface area (Å²) < 4.78 is 29.4. The van der Waals surface area contributed by atoms with Gasteiger partial charge >= 0.3 is 6.43 Å². The molecule has 2 aromatic heterocycles. The molecule has 1 atom stereocenters. The van der Waals surface area contributed by atoms with Crippen molar-refractivity contribution in [2.45, 2.75) is 19.4 Å². The van der Waals surface area contributed by atoms with Gasteiger partial charge in [-0.3, -0.25) is 4.98 Å². The van der Waals surface area contributed by atoms with Gasteiger partial charge in [0.1, 0.15) is 0 Å². The maximum absolute atomic E-state index is 12.3. The van der Waals surface area contributed by atoms with E-state index in [0.29, 0.717) is 11.3 Å². The number of pyridine rings is 1. The Hall–Kier alpha value is -2.54. The van der Waals surface area contributed by atoms with Crippen molar-refractivity contribution in [1.29, 1.82) is 0 Å². The summed E-state index contributed by atoms with van der Waals surface area (Å²) in [5.41, 5.74) is 9.28. The van der Waals surface area contributed by atoms with Crippen LogP contribution in [-0.2, 0) is 0 Å². The number of rotatable bonds is 4. The molecule has 0 aromatic carbocycles. The van der Waals surface area contributed by atoms with Gasteiger partial charge in [-0.25, -0.2) is 0 Å². The number of halogens is 2. The summed E-state index contributed by atoms with van der Waals surface area (Å²) in [6.07, 6.45) is -1.42. The molecule has 0 amide bonds. The number of hydrogen-bond acceptors (Lipinski definition) is 5. The Morgan fingerprint density at radius 3 is 2.68 bits per heavy atom. The fourth-order valence-electron chi connectivity index (χ4n) is 1.35. The van der Waals surface area contributed by atoms with E-state index in [1.807, 2.05) is 0 Å². The van der Waals surface area contributed by atoms with Crippen LogP contribution < -0.4 is 0 Å². The monoisotopic (exact) mass is 266 g/mol. The maximum Gasteiger partial charge on any atom is 0.314 e. The number of nitrogens with zero attached hydrogens (tertiary/aromatic N) is 6. The summed E-state index contributed by atoms with van der Waals surface area (Å²) >= 11 is 0. The molecule has 1 unspecified atom stereocenters. The van der Waals surface area contributed by atoms with Crippen molar-refractivity contribution in [2.24, 2.45) is 5.11 Å². The zero-order valence-electron chi connectivity index (χ0n) is 9.73. The number of azide groups is 1. The van der Waals surface area contributed by atoms with Gasteiger partial charge in [0.05, 0.1) is 11.6 Å². The van der Waals surface area contributed by atoms with Crippen LogP contribution in [-0.4, -0.2) is 15.2 Å². The van der Waals surface area contributed by atoms with Gasteiger partial charge in [0, 0.05) is 16.8 Å². The molecule has 7 nitrogen and oxygen atoms in total. The second kappa shape index (κ2) is 5.40. The van der Waals surface area contributed by atoms with Crippen LogP contribution in [0.4, 0.5) is 8.78 Å². The van der Waals surface area contributed by atoms with Crippen molar-refractivity contribution < 1.29 is 13.2 Å². The molecule has 2 aromatic rings. The minimum Gasteiger partial charge on any atom is -0.415 e. The smallest absolute Gasteiger partial charge is 0.314 e. The molecule has 9 heteroatoms. The molecule has 0 aliphatic carbocycles. The van der Waals surface area contributed by atoms with Crippen molar-refractivity contribution in [1.82, 2.24) is 15.2 Å². The molecule has 0 saturated carbocycles. The normalized spacial score (nSPS) is 12.2.